The second kappa shape index (κ2) is 8.02. The molecule has 1 aromatic carbocycles. The van der Waals surface area contributed by atoms with Crippen molar-refractivity contribution in [3.63, 3.8) is 0 Å². The number of esters is 1. The minimum atomic E-state index is -3.48. The van der Waals surface area contributed by atoms with Gasteiger partial charge in [-0.2, -0.15) is 0 Å². The summed E-state index contributed by atoms with van der Waals surface area (Å²) < 4.78 is 31.0. The molecule has 1 heterocycles. The summed E-state index contributed by atoms with van der Waals surface area (Å²) in [4.78, 5) is 11.2. The van der Waals surface area contributed by atoms with Crippen molar-refractivity contribution in [2.24, 2.45) is 5.92 Å². The number of hydrogen-bond donors (Lipinski definition) is 0. The van der Waals surface area contributed by atoms with Crippen molar-refractivity contribution in [2.45, 2.75) is 31.1 Å². The lowest BCUT2D eigenvalue weighted by molar-refractivity contribution is -0.133. The van der Waals surface area contributed by atoms with Gasteiger partial charge in [-0.05, 0) is 37.8 Å². The third-order valence-electron chi connectivity index (χ3n) is 3.89. The molecule has 1 aromatic rings. The number of ether oxygens (including phenoxy) is 1. The lowest BCUT2D eigenvalue weighted by Gasteiger charge is -2.27. The fraction of sp³-hybridized carbons (Fsp3) is 0.389. The van der Waals surface area contributed by atoms with Gasteiger partial charge in [-0.25, -0.2) is 13.2 Å². The highest BCUT2D eigenvalue weighted by atomic mass is 32.2. The van der Waals surface area contributed by atoms with E-state index in [1.165, 1.54) is 11.4 Å². The second-order valence-electron chi connectivity index (χ2n) is 5.65. The van der Waals surface area contributed by atoms with Crippen molar-refractivity contribution in [2.75, 3.05) is 13.7 Å². The van der Waals surface area contributed by atoms with Crippen molar-refractivity contribution in [1.29, 1.82) is 0 Å². The number of sulfonamides is 1. The van der Waals surface area contributed by atoms with Gasteiger partial charge in [0.2, 0.25) is 0 Å². The predicted octanol–water partition coefficient (Wildman–Crippen LogP) is 2.48. The monoisotopic (exact) mass is 347 g/mol. The summed E-state index contributed by atoms with van der Waals surface area (Å²) in [5.74, 6) is 4.88. The molecule has 0 aliphatic carbocycles. The van der Waals surface area contributed by atoms with E-state index in [4.69, 9.17) is 0 Å². The van der Waals surface area contributed by atoms with Crippen LogP contribution in [0.4, 0.5) is 0 Å². The summed E-state index contributed by atoms with van der Waals surface area (Å²) in [6, 6.07) is 6.85. The number of carbonyl (C=O) groups excluding carboxylic acids is 1. The maximum Gasteiger partial charge on any atom is 0.384 e. The molecular weight excluding hydrogens is 326 g/mol. The summed E-state index contributed by atoms with van der Waals surface area (Å²) in [5, 5.41) is 0. The summed E-state index contributed by atoms with van der Waals surface area (Å²) in [7, 11) is -2.19. The Hall–Kier alpha value is -2.26. The summed E-state index contributed by atoms with van der Waals surface area (Å²) in [6.45, 7) is 2.37. The van der Waals surface area contributed by atoms with Gasteiger partial charge in [0, 0.05) is 25.1 Å². The van der Waals surface area contributed by atoms with Gasteiger partial charge in [0.1, 0.15) is 0 Å². The van der Waals surface area contributed by atoms with E-state index in [-0.39, 0.29) is 5.92 Å². The van der Waals surface area contributed by atoms with Crippen molar-refractivity contribution < 1.29 is 17.9 Å². The molecule has 1 aliphatic rings. The standard InChI is InChI=1S/C18H21NO4S/c1-15-7-9-17(10-8-15)24(21,22)19-13-11-16(12-14-19)5-3-4-6-18(20)23-2/h7-11,13,16H,3,5,12,14H2,1-2H3. The van der Waals surface area contributed by atoms with Crippen LogP contribution in [-0.4, -0.2) is 32.3 Å². The maximum atomic E-state index is 12.6. The van der Waals surface area contributed by atoms with Crippen LogP contribution in [0.25, 0.3) is 0 Å². The third kappa shape index (κ3) is 4.62. The van der Waals surface area contributed by atoms with Crippen LogP contribution in [0.2, 0.25) is 0 Å². The van der Waals surface area contributed by atoms with Gasteiger partial charge in [0.25, 0.3) is 10.0 Å². The van der Waals surface area contributed by atoms with E-state index in [9.17, 15) is 13.2 Å². The van der Waals surface area contributed by atoms with Crippen LogP contribution in [0.1, 0.15) is 24.8 Å². The Morgan fingerprint density at radius 3 is 2.62 bits per heavy atom. The average Bonchev–Trinajstić information content (AvgIpc) is 2.59. The molecule has 1 aliphatic heterocycles. The highest BCUT2D eigenvalue weighted by Crippen LogP contribution is 2.24. The lowest BCUT2D eigenvalue weighted by Crippen LogP contribution is -2.31. The number of carbonyl (C=O) groups is 1. The number of methoxy groups -OCH3 is 1. The minimum Gasteiger partial charge on any atom is -0.459 e. The van der Waals surface area contributed by atoms with E-state index in [0.29, 0.717) is 17.9 Å². The summed E-state index contributed by atoms with van der Waals surface area (Å²) in [6.07, 6.45) is 5.64. The lowest BCUT2D eigenvalue weighted by atomic mass is 9.98. The molecule has 0 saturated heterocycles. The van der Waals surface area contributed by atoms with Crippen molar-refractivity contribution in [3.05, 3.63) is 42.1 Å². The largest absolute Gasteiger partial charge is 0.459 e. The van der Waals surface area contributed by atoms with Crippen LogP contribution in [-0.2, 0) is 19.6 Å². The maximum absolute atomic E-state index is 12.6. The number of benzene rings is 1. The molecule has 0 aromatic heterocycles. The Bertz CT molecular complexity index is 769. The number of aryl methyl sites for hydroxylation is 1. The Labute approximate surface area is 143 Å². The van der Waals surface area contributed by atoms with Gasteiger partial charge in [0.05, 0.1) is 12.0 Å². The summed E-state index contributed by atoms with van der Waals surface area (Å²) >= 11 is 0. The van der Waals surface area contributed by atoms with Gasteiger partial charge in [0.15, 0.2) is 0 Å². The quantitative estimate of drug-likeness (QED) is 0.477. The zero-order valence-electron chi connectivity index (χ0n) is 13.9. The molecule has 0 fully saturated rings. The minimum absolute atomic E-state index is 0.265. The second-order valence-corrected chi connectivity index (χ2v) is 7.54. The molecule has 0 N–H and O–H groups in total. The van der Waals surface area contributed by atoms with E-state index in [2.05, 4.69) is 16.6 Å². The molecule has 0 amide bonds. The predicted molar refractivity (Wildman–Crippen MR) is 91.3 cm³/mol. The highest BCUT2D eigenvalue weighted by Gasteiger charge is 2.24. The van der Waals surface area contributed by atoms with Gasteiger partial charge < -0.3 is 4.74 Å². The van der Waals surface area contributed by atoms with Crippen molar-refractivity contribution >= 4 is 16.0 Å². The van der Waals surface area contributed by atoms with Crippen LogP contribution in [0.3, 0.4) is 0 Å². The van der Waals surface area contributed by atoms with Gasteiger partial charge >= 0.3 is 5.97 Å². The molecule has 0 spiro atoms. The Morgan fingerprint density at radius 1 is 1.33 bits per heavy atom. The fourth-order valence-electron chi connectivity index (χ4n) is 2.41. The first-order chi connectivity index (χ1) is 11.4. The fourth-order valence-corrected chi connectivity index (χ4v) is 3.74. The van der Waals surface area contributed by atoms with Crippen LogP contribution in [0.5, 0.6) is 0 Å². The number of nitrogens with zero attached hydrogens (tertiary/aromatic N) is 1. The summed E-state index contributed by atoms with van der Waals surface area (Å²) in [5.41, 5.74) is 1.02. The molecule has 0 radical (unpaired) electrons. The Balaban J connectivity index is 1.95. The Morgan fingerprint density at radius 2 is 2.04 bits per heavy atom. The first-order valence-corrected chi connectivity index (χ1v) is 9.21. The molecule has 5 nitrogen and oxygen atoms in total. The number of rotatable bonds is 4. The first kappa shape index (κ1) is 18.1. The molecule has 1 unspecified atom stereocenters. The molecule has 6 heteroatoms. The van der Waals surface area contributed by atoms with Crippen LogP contribution >= 0.6 is 0 Å². The van der Waals surface area contributed by atoms with Crippen molar-refractivity contribution in [3.8, 4) is 11.8 Å². The van der Waals surface area contributed by atoms with Gasteiger partial charge in [-0.3, -0.25) is 4.31 Å². The van der Waals surface area contributed by atoms with Gasteiger partial charge in [-0.15, -0.1) is 0 Å². The SMILES string of the molecule is COC(=O)C#CCCC1C=CN(S(=O)(=O)c2ccc(C)cc2)CC1. The molecule has 128 valence electrons. The molecular formula is C18H21NO4S. The number of allylic oxidation sites excluding steroid dienone is 1. The third-order valence-corrected chi connectivity index (χ3v) is 5.68. The highest BCUT2D eigenvalue weighted by molar-refractivity contribution is 7.89. The van der Waals surface area contributed by atoms with E-state index < -0.39 is 16.0 Å². The number of hydrogen-bond acceptors (Lipinski definition) is 4. The van der Waals surface area contributed by atoms with Crippen LogP contribution < -0.4 is 0 Å². The molecule has 2 rings (SSSR count). The first-order valence-electron chi connectivity index (χ1n) is 7.77. The molecule has 1 atom stereocenters. The van der Waals surface area contributed by atoms with Crippen LogP contribution in [0, 0.1) is 24.7 Å². The molecule has 24 heavy (non-hydrogen) atoms. The molecule has 0 saturated carbocycles. The van der Waals surface area contributed by atoms with Crippen LogP contribution in [0.15, 0.2) is 41.4 Å². The van der Waals surface area contributed by atoms with Crippen molar-refractivity contribution in [1.82, 2.24) is 4.31 Å². The van der Waals surface area contributed by atoms with E-state index in [1.807, 2.05) is 13.0 Å². The van der Waals surface area contributed by atoms with Gasteiger partial charge in [-0.1, -0.05) is 29.7 Å². The van der Waals surface area contributed by atoms with E-state index >= 15 is 0 Å². The smallest absolute Gasteiger partial charge is 0.384 e. The normalized spacial score (nSPS) is 17.1. The Kier molecular flexibility index (Phi) is 6.04. The zero-order chi connectivity index (χ0) is 17.6. The van der Waals surface area contributed by atoms with E-state index in [0.717, 1.165) is 18.4 Å². The molecule has 0 bridgehead atoms. The zero-order valence-corrected chi connectivity index (χ0v) is 14.7. The topological polar surface area (TPSA) is 63.7 Å². The van der Waals surface area contributed by atoms with E-state index in [1.54, 1.807) is 30.5 Å². The average molecular weight is 347 g/mol.